The van der Waals surface area contributed by atoms with Crippen molar-refractivity contribution < 1.29 is 9.59 Å². The fourth-order valence-electron chi connectivity index (χ4n) is 3.05. The molecule has 3 rings (SSSR count). The van der Waals surface area contributed by atoms with Crippen LogP contribution in [0.15, 0.2) is 36.4 Å². The molecule has 0 unspecified atom stereocenters. The molecule has 1 N–H and O–H groups in total. The van der Waals surface area contributed by atoms with E-state index in [1.807, 2.05) is 64.1 Å². The molecule has 0 spiro atoms. The molecule has 124 valence electrons. The molecule has 0 aromatic heterocycles. The first-order chi connectivity index (χ1) is 11.4. The van der Waals surface area contributed by atoms with Gasteiger partial charge in [-0.25, -0.2) is 4.90 Å². The Morgan fingerprint density at radius 3 is 2.50 bits per heavy atom. The number of nitrogens with zero attached hydrogens (tertiary/aromatic N) is 1. The number of aryl methyl sites for hydroxylation is 3. The minimum Gasteiger partial charge on any atom is -0.373 e. The van der Waals surface area contributed by atoms with Crippen LogP contribution in [0.3, 0.4) is 0 Å². The Labute approximate surface area is 142 Å². The van der Waals surface area contributed by atoms with Gasteiger partial charge in [0, 0.05) is 5.69 Å². The van der Waals surface area contributed by atoms with E-state index in [1.165, 1.54) is 4.90 Å². The van der Waals surface area contributed by atoms with E-state index in [1.54, 1.807) is 0 Å². The summed E-state index contributed by atoms with van der Waals surface area (Å²) in [4.78, 5) is 26.6. The molecule has 1 fully saturated rings. The molecule has 24 heavy (non-hydrogen) atoms. The summed E-state index contributed by atoms with van der Waals surface area (Å²) in [7, 11) is 0. The van der Waals surface area contributed by atoms with Crippen LogP contribution in [0.25, 0.3) is 0 Å². The normalized spacial score (nSPS) is 17.5. The number of carbonyl (C=O) groups excluding carboxylic acids is 2. The van der Waals surface area contributed by atoms with Crippen LogP contribution in [0.4, 0.5) is 11.4 Å². The van der Waals surface area contributed by atoms with Crippen molar-refractivity contribution in [3.8, 4) is 0 Å². The molecule has 4 heteroatoms. The summed E-state index contributed by atoms with van der Waals surface area (Å²) >= 11 is 0. The van der Waals surface area contributed by atoms with Crippen LogP contribution in [-0.2, 0) is 9.59 Å². The highest BCUT2D eigenvalue weighted by molar-refractivity contribution is 6.23. The molecule has 2 aromatic rings. The standard InChI is InChI=1S/C20H22N2O2/c1-12-8-9-14(3)16(10-12)21-17-11-19(23)22(20(17)24)18-7-5-6-13(2)15(18)4/h5-10,17,21H,11H2,1-4H3/t17-/m1/s1. The lowest BCUT2D eigenvalue weighted by Crippen LogP contribution is -2.35. The monoisotopic (exact) mass is 322 g/mol. The van der Waals surface area contributed by atoms with Gasteiger partial charge in [0.05, 0.1) is 12.1 Å². The third-order valence-corrected chi connectivity index (χ3v) is 4.69. The van der Waals surface area contributed by atoms with Crippen LogP contribution in [-0.4, -0.2) is 17.9 Å². The summed E-state index contributed by atoms with van der Waals surface area (Å²) in [5, 5.41) is 3.25. The van der Waals surface area contributed by atoms with Gasteiger partial charge in [-0.2, -0.15) is 0 Å². The second-order valence-corrected chi connectivity index (χ2v) is 6.51. The van der Waals surface area contributed by atoms with Crippen molar-refractivity contribution in [2.75, 3.05) is 10.2 Å². The van der Waals surface area contributed by atoms with Crippen LogP contribution >= 0.6 is 0 Å². The van der Waals surface area contributed by atoms with Gasteiger partial charge in [0.15, 0.2) is 0 Å². The Kier molecular flexibility index (Phi) is 4.14. The molecule has 1 aliphatic heterocycles. The van der Waals surface area contributed by atoms with Crippen LogP contribution in [0.2, 0.25) is 0 Å². The van der Waals surface area contributed by atoms with E-state index in [4.69, 9.17) is 0 Å². The number of hydrogen-bond acceptors (Lipinski definition) is 3. The third-order valence-electron chi connectivity index (χ3n) is 4.69. The van der Waals surface area contributed by atoms with Gasteiger partial charge in [0.1, 0.15) is 6.04 Å². The van der Waals surface area contributed by atoms with E-state index < -0.39 is 6.04 Å². The number of carbonyl (C=O) groups is 2. The molecule has 4 nitrogen and oxygen atoms in total. The Bertz CT molecular complexity index is 826. The van der Waals surface area contributed by atoms with Crippen molar-refractivity contribution in [1.82, 2.24) is 0 Å². The van der Waals surface area contributed by atoms with Crippen LogP contribution < -0.4 is 10.2 Å². The van der Waals surface area contributed by atoms with E-state index >= 15 is 0 Å². The number of benzene rings is 2. The minimum absolute atomic E-state index is 0.156. The van der Waals surface area contributed by atoms with Gasteiger partial charge in [-0.05, 0) is 62.1 Å². The van der Waals surface area contributed by atoms with Crippen molar-refractivity contribution in [1.29, 1.82) is 0 Å². The number of imide groups is 1. The van der Waals surface area contributed by atoms with Crippen molar-refractivity contribution in [2.45, 2.75) is 40.2 Å². The van der Waals surface area contributed by atoms with E-state index in [2.05, 4.69) is 5.32 Å². The van der Waals surface area contributed by atoms with Gasteiger partial charge < -0.3 is 5.32 Å². The predicted molar refractivity (Wildman–Crippen MR) is 96.4 cm³/mol. The maximum atomic E-state index is 12.8. The number of hydrogen-bond donors (Lipinski definition) is 1. The average molecular weight is 322 g/mol. The van der Waals surface area contributed by atoms with E-state index in [0.29, 0.717) is 5.69 Å². The van der Waals surface area contributed by atoms with Crippen LogP contribution in [0.5, 0.6) is 0 Å². The molecule has 1 heterocycles. The lowest BCUT2D eigenvalue weighted by atomic mass is 10.1. The molecule has 0 saturated carbocycles. The largest absolute Gasteiger partial charge is 0.373 e. The Balaban J connectivity index is 1.89. The number of rotatable bonds is 3. The molecule has 2 aromatic carbocycles. The van der Waals surface area contributed by atoms with E-state index in [-0.39, 0.29) is 18.2 Å². The van der Waals surface area contributed by atoms with Crippen molar-refractivity contribution in [3.63, 3.8) is 0 Å². The first-order valence-electron chi connectivity index (χ1n) is 8.15. The lowest BCUT2D eigenvalue weighted by molar-refractivity contribution is -0.121. The summed E-state index contributed by atoms with van der Waals surface area (Å²) in [6, 6.07) is 11.2. The highest BCUT2D eigenvalue weighted by Gasteiger charge is 2.40. The molecule has 1 saturated heterocycles. The number of anilines is 2. The van der Waals surface area contributed by atoms with Gasteiger partial charge in [-0.1, -0.05) is 24.3 Å². The number of amides is 2. The fourth-order valence-corrected chi connectivity index (χ4v) is 3.05. The van der Waals surface area contributed by atoms with Gasteiger partial charge >= 0.3 is 0 Å². The zero-order valence-corrected chi connectivity index (χ0v) is 14.5. The molecular formula is C20H22N2O2. The first kappa shape index (κ1) is 16.2. The van der Waals surface area contributed by atoms with E-state index in [9.17, 15) is 9.59 Å². The maximum Gasteiger partial charge on any atom is 0.256 e. The topological polar surface area (TPSA) is 49.4 Å². The van der Waals surface area contributed by atoms with Crippen LogP contribution in [0, 0.1) is 27.7 Å². The highest BCUT2D eigenvalue weighted by atomic mass is 16.2. The summed E-state index contributed by atoms with van der Waals surface area (Å²) < 4.78 is 0. The Morgan fingerprint density at radius 2 is 1.75 bits per heavy atom. The molecule has 0 bridgehead atoms. The molecule has 0 aliphatic carbocycles. The average Bonchev–Trinajstić information content (AvgIpc) is 2.80. The minimum atomic E-state index is -0.516. The predicted octanol–water partition coefficient (Wildman–Crippen LogP) is 3.66. The molecule has 2 amide bonds. The molecule has 1 atom stereocenters. The highest BCUT2D eigenvalue weighted by Crippen LogP contribution is 2.29. The molecule has 0 radical (unpaired) electrons. The van der Waals surface area contributed by atoms with Gasteiger partial charge in [-0.3, -0.25) is 9.59 Å². The zero-order valence-electron chi connectivity index (χ0n) is 14.5. The molecule has 1 aliphatic rings. The third kappa shape index (κ3) is 2.80. The molecular weight excluding hydrogens is 300 g/mol. The fraction of sp³-hybridized carbons (Fsp3) is 0.300. The lowest BCUT2D eigenvalue weighted by Gasteiger charge is -2.19. The second kappa shape index (κ2) is 6.11. The zero-order chi connectivity index (χ0) is 17.4. The van der Waals surface area contributed by atoms with E-state index in [0.717, 1.165) is 27.9 Å². The summed E-state index contributed by atoms with van der Waals surface area (Å²) in [6.07, 6.45) is 0.180. The van der Waals surface area contributed by atoms with Crippen molar-refractivity contribution in [2.24, 2.45) is 0 Å². The maximum absolute atomic E-state index is 12.8. The van der Waals surface area contributed by atoms with Crippen LogP contribution in [0.1, 0.15) is 28.7 Å². The van der Waals surface area contributed by atoms with Gasteiger partial charge in [0.25, 0.3) is 5.91 Å². The second-order valence-electron chi connectivity index (χ2n) is 6.51. The number of nitrogens with one attached hydrogen (secondary N) is 1. The van der Waals surface area contributed by atoms with Crippen molar-refractivity contribution >= 4 is 23.2 Å². The summed E-state index contributed by atoms with van der Waals surface area (Å²) in [5.74, 6) is -0.342. The quantitative estimate of drug-likeness (QED) is 0.877. The van der Waals surface area contributed by atoms with Gasteiger partial charge in [0.2, 0.25) is 5.91 Å². The smallest absolute Gasteiger partial charge is 0.256 e. The first-order valence-corrected chi connectivity index (χ1v) is 8.15. The van der Waals surface area contributed by atoms with Crippen molar-refractivity contribution in [3.05, 3.63) is 58.7 Å². The summed E-state index contributed by atoms with van der Waals surface area (Å²) in [5.41, 5.74) is 5.81. The van der Waals surface area contributed by atoms with Gasteiger partial charge in [-0.15, -0.1) is 0 Å². The Morgan fingerprint density at radius 1 is 1.00 bits per heavy atom. The Hall–Kier alpha value is -2.62. The SMILES string of the molecule is Cc1ccc(C)c(N[C@@H]2CC(=O)N(c3cccc(C)c3C)C2=O)c1. The summed E-state index contributed by atoms with van der Waals surface area (Å²) in [6.45, 7) is 7.92.